The van der Waals surface area contributed by atoms with Gasteiger partial charge in [0.25, 0.3) is 5.91 Å². The fraction of sp³-hybridized carbons (Fsp3) is 0.619. The Hall–Kier alpha value is -1.35. The van der Waals surface area contributed by atoms with Gasteiger partial charge in [0.2, 0.25) is 0 Å². The maximum absolute atomic E-state index is 11.8. The van der Waals surface area contributed by atoms with E-state index in [1.54, 1.807) is 7.05 Å². The minimum atomic E-state index is -0.0445. The van der Waals surface area contributed by atoms with Gasteiger partial charge in [-0.25, -0.2) is 0 Å². The molecule has 0 saturated carbocycles. The molecule has 6 nitrogen and oxygen atoms in total. The molecule has 1 fully saturated rings. The van der Waals surface area contributed by atoms with Gasteiger partial charge in [-0.3, -0.25) is 9.79 Å². The summed E-state index contributed by atoms with van der Waals surface area (Å²) < 4.78 is 0. The van der Waals surface area contributed by atoms with E-state index in [4.69, 9.17) is 0 Å². The number of hydrogen-bond donors (Lipinski definition) is 2. The third kappa shape index (κ3) is 7.24. The van der Waals surface area contributed by atoms with Crippen molar-refractivity contribution in [3.05, 3.63) is 35.4 Å². The molecule has 28 heavy (non-hydrogen) atoms. The van der Waals surface area contributed by atoms with E-state index in [9.17, 15) is 4.79 Å². The summed E-state index contributed by atoms with van der Waals surface area (Å²) in [4.78, 5) is 21.1. The van der Waals surface area contributed by atoms with E-state index < -0.39 is 0 Å². The molecule has 0 spiro atoms. The Kier molecular flexibility index (Phi) is 11.4. The lowest BCUT2D eigenvalue weighted by Gasteiger charge is -2.24. The molecule has 1 atom stereocenters. The molecule has 0 bridgehead atoms. The van der Waals surface area contributed by atoms with Crippen LogP contribution in [0.1, 0.15) is 36.2 Å². The van der Waals surface area contributed by atoms with Crippen molar-refractivity contribution < 1.29 is 4.79 Å². The Bertz CT molecular complexity index is 633. The maximum atomic E-state index is 11.8. The Morgan fingerprint density at radius 1 is 1.32 bits per heavy atom. The molecule has 0 radical (unpaired) electrons. The van der Waals surface area contributed by atoms with Crippen LogP contribution >= 0.6 is 24.0 Å². The lowest BCUT2D eigenvalue weighted by Crippen LogP contribution is -2.41. The molecule has 1 aromatic rings. The van der Waals surface area contributed by atoms with Crippen molar-refractivity contribution in [1.29, 1.82) is 0 Å². The first kappa shape index (κ1) is 24.7. The first-order chi connectivity index (χ1) is 13.1. The molecule has 1 aromatic carbocycles. The van der Waals surface area contributed by atoms with Gasteiger partial charge in [-0.15, -0.1) is 24.0 Å². The number of aliphatic imine (C=N–C) groups is 1. The van der Waals surface area contributed by atoms with E-state index in [1.807, 2.05) is 25.2 Å². The maximum Gasteiger partial charge on any atom is 0.251 e. The number of nitrogens with zero attached hydrogens (tertiary/aromatic N) is 3. The Morgan fingerprint density at radius 2 is 2.07 bits per heavy atom. The Morgan fingerprint density at radius 3 is 2.71 bits per heavy atom. The smallest absolute Gasteiger partial charge is 0.251 e. The van der Waals surface area contributed by atoms with Gasteiger partial charge in [-0.05, 0) is 49.5 Å². The highest BCUT2D eigenvalue weighted by Crippen LogP contribution is 2.17. The molecule has 7 heteroatoms. The number of carbonyl (C=O) groups is 1. The normalized spacial score (nSPS) is 16.8. The zero-order valence-electron chi connectivity index (χ0n) is 17.7. The van der Waals surface area contributed by atoms with Gasteiger partial charge in [0, 0.05) is 45.8 Å². The molecule has 2 N–H and O–H groups in total. The summed E-state index contributed by atoms with van der Waals surface area (Å²) in [6.07, 6.45) is 2.09. The first-order valence-corrected chi connectivity index (χ1v) is 10.1. The molecular formula is C21H36IN5O. The second kappa shape index (κ2) is 13.0. The molecular weight excluding hydrogens is 465 g/mol. The number of carbonyl (C=O) groups excluding carboxylic acids is 1. The molecule has 0 aliphatic carbocycles. The second-order valence-corrected chi connectivity index (χ2v) is 7.09. The minimum absolute atomic E-state index is 0. The summed E-state index contributed by atoms with van der Waals surface area (Å²) in [5.41, 5.74) is 1.86. The number of guanidine groups is 1. The predicted molar refractivity (Wildman–Crippen MR) is 128 cm³/mol. The molecule has 1 aliphatic heterocycles. The van der Waals surface area contributed by atoms with Gasteiger partial charge in [0.15, 0.2) is 5.96 Å². The minimum Gasteiger partial charge on any atom is -0.356 e. The highest BCUT2D eigenvalue weighted by atomic mass is 127. The number of benzene rings is 1. The monoisotopic (exact) mass is 501 g/mol. The predicted octanol–water partition coefficient (Wildman–Crippen LogP) is 2.45. The number of amides is 1. The first-order valence-electron chi connectivity index (χ1n) is 10.1. The van der Waals surface area contributed by atoms with Crippen LogP contribution in [0.25, 0.3) is 0 Å². The quantitative estimate of drug-likeness (QED) is 0.327. The molecule has 0 aromatic heterocycles. The largest absolute Gasteiger partial charge is 0.356 e. The van der Waals surface area contributed by atoms with Crippen LogP contribution in [0.4, 0.5) is 0 Å². The van der Waals surface area contributed by atoms with Crippen molar-refractivity contribution in [3.8, 4) is 0 Å². The summed E-state index contributed by atoms with van der Waals surface area (Å²) in [6, 6.07) is 7.80. The lowest BCUT2D eigenvalue weighted by atomic mass is 10.1. The van der Waals surface area contributed by atoms with Crippen molar-refractivity contribution in [1.82, 2.24) is 20.4 Å². The molecule has 1 heterocycles. The van der Waals surface area contributed by atoms with Crippen LogP contribution < -0.4 is 10.6 Å². The van der Waals surface area contributed by atoms with Crippen LogP contribution in [0.2, 0.25) is 0 Å². The summed E-state index contributed by atoms with van der Waals surface area (Å²) >= 11 is 0. The van der Waals surface area contributed by atoms with Crippen molar-refractivity contribution >= 4 is 35.8 Å². The number of likely N-dealkylation sites (tertiary alicyclic amines) is 1. The number of rotatable bonds is 8. The fourth-order valence-electron chi connectivity index (χ4n) is 3.68. The second-order valence-electron chi connectivity index (χ2n) is 7.09. The van der Waals surface area contributed by atoms with Crippen molar-refractivity contribution in [3.63, 3.8) is 0 Å². The highest BCUT2D eigenvalue weighted by molar-refractivity contribution is 14.0. The van der Waals surface area contributed by atoms with Crippen LogP contribution in [-0.4, -0.2) is 75.0 Å². The van der Waals surface area contributed by atoms with Gasteiger partial charge >= 0.3 is 0 Å². The zero-order valence-corrected chi connectivity index (χ0v) is 20.0. The Labute approximate surface area is 187 Å². The van der Waals surface area contributed by atoms with Crippen LogP contribution in [0.5, 0.6) is 0 Å². The van der Waals surface area contributed by atoms with E-state index in [-0.39, 0.29) is 29.9 Å². The average Bonchev–Trinajstić information content (AvgIpc) is 3.17. The van der Waals surface area contributed by atoms with Crippen molar-refractivity contribution in [2.45, 2.75) is 26.7 Å². The van der Waals surface area contributed by atoms with Gasteiger partial charge in [-0.2, -0.15) is 0 Å². The lowest BCUT2D eigenvalue weighted by molar-refractivity contribution is 0.0963. The highest BCUT2D eigenvalue weighted by Gasteiger charge is 2.25. The number of halogens is 1. The van der Waals surface area contributed by atoms with Crippen LogP contribution in [0.3, 0.4) is 0 Å². The summed E-state index contributed by atoms with van der Waals surface area (Å²) in [5, 5.41) is 6.16. The summed E-state index contributed by atoms with van der Waals surface area (Å²) in [6.45, 7) is 10.8. The van der Waals surface area contributed by atoms with Crippen molar-refractivity contribution in [2.75, 3.05) is 53.4 Å². The topological polar surface area (TPSA) is 60.0 Å². The molecule has 2 rings (SSSR count). The molecule has 158 valence electrons. The van der Waals surface area contributed by atoms with Crippen LogP contribution in [0.15, 0.2) is 29.3 Å². The third-order valence-electron chi connectivity index (χ3n) is 5.32. The van der Waals surface area contributed by atoms with E-state index in [0.717, 1.165) is 50.7 Å². The zero-order chi connectivity index (χ0) is 19.6. The molecule has 1 unspecified atom stereocenters. The van der Waals surface area contributed by atoms with Gasteiger partial charge in [0.1, 0.15) is 0 Å². The van der Waals surface area contributed by atoms with Crippen LogP contribution in [0, 0.1) is 5.92 Å². The summed E-state index contributed by atoms with van der Waals surface area (Å²) in [5.74, 6) is 1.66. The number of nitrogens with one attached hydrogen (secondary N) is 2. The molecule has 1 aliphatic rings. The SMILES string of the molecule is CCN(CC)CC1CCN(C(=NC)NCCc2cccc(C(=O)NC)c2)C1.I. The average molecular weight is 501 g/mol. The van der Waals surface area contributed by atoms with Gasteiger partial charge in [-0.1, -0.05) is 26.0 Å². The molecule has 1 amide bonds. The standard InChI is InChI=1S/C21H35N5O.HI/c1-5-25(6-2)15-18-11-13-26(16-18)21(23-4)24-12-10-17-8-7-9-19(14-17)20(27)22-3;/h7-9,14,18H,5-6,10-13,15-16H2,1-4H3,(H,22,27)(H,23,24);1H. The van der Waals surface area contributed by atoms with E-state index in [0.29, 0.717) is 11.5 Å². The third-order valence-corrected chi connectivity index (χ3v) is 5.32. The van der Waals surface area contributed by atoms with Gasteiger partial charge < -0.3 is 20.4 Å². The van der Waals surface area contributed by atoms with E-state index in [2.05, 4.69) is 45.3 Å². The molecule has 1 saturated heterocycles. The van der Waals surface area contributed by atoms with Gasteiger partial charge in [0.05, 0.1) is 0 Å². The van der Waals surface area contributed by atoms with E-state index in [1.165, 1.54) is 13.0 Å². The fourth-order valence-corrected chi connectivity index (χ4v) is 3.68. The van der Waals surface area contributed by atoms with E-state index >= 15 is 0 Å². The number of hydrogen-bond acceptors (Lipinski definition) is 3. The Balaban J connectivity index is 0.00000392. The van der Waals surface area contributed by atoms with Crippen LogP contribution in [-0.2, 0) is 6.42 Å². The van der Waals surface area contributed by atoms with Crippen molar-refractivity contribution in [2.24, 2.45) is 10.9 Å². The summed E-state index contributed by atoms with van der Waals surface area (Å²) in [7, 11) is 3.51.